The van der Waals surface area contributed by atoms with E-state index in [1.165, 1.54) is 6.08 Å². The molecule has 0 radical (unpaired) electrons. The average molecular weight is 416 g/mol. The zero-order valence-electron chi connectivity index (χ0n) is 17.4. The molecule has 6 heteroatoms. The third kappa shape index (κ3) is 5.96. The zero-order valence-corrected chi connectivity index (χ0v) is 17.4. The molecule has 2 N–H and O–H groups in total. The lowest BCUT2D eigenvalue weighted by molar-refractivity contribution is -0.111. The van der Waals surface area contributed by atoms with Gasteiger partial charge >= 0.3 is 0 Å². The van der Waals surface area contributed by atoms with Crippen molar-refractivity contribution >= 4 is 29.3 Å². The van der Waals surface area contributed by atoms with Crippen molar-refractivity contribution in [2.45, 2.75) is 6.92 Å². The summed E-state index contributed by atoms with van der Waals surface area (Å²) in [7, 11) is 1.58. The third-order valence-corrected chi connectivity index (χ3v) is 4.41. The summed E-state index contributed by atoms with van der Waals surface area (Å²) in [5, 5.41) is 5.60. The number of hydrogen-bond acceptors (Lipinski definition) is 4. The summed E-state index contributed by atoms with van der Waals surface area (Å²) in [6.07, 6.45) is 3.07. The SMILES string of the molecule is CCOc1ccc(NC(=O)c2ccccc2NC(=O)C=Cc2ccccc2OC)cc1. The summed E-state index contributed by atoms with van der Waals surface area (Å²) >= 11 is 0. The van der Waals surface area contributed by atoms with Crippen molar-refractivity contribution in [3.8, 4) is 11.5 Å². The second-order valence-electron chi connectivity index (χ2n) is 6.52. The van der Waals surface area contributed by atoms with Crippen LogP contribution < -0.4 is 20.1 Å². The van der Waals surface area contributed by atoms with Crippen LogP contribution in [0.4, 0.5) is 11.4 Å². The highest BCUT2D eigenvalue weighted by Gasteiger charge is 2.13. The van der Waals surface area contributed by atoms with Gasteiger partial charge in [0.15, 0.2) is 0 Å². The Bertz CT molecular complexity index is 1070. The normalized spacial score (nSPS) is 10.5. The first-order valence-electron chi connectivity index (χ1n) is 9.86. The summed E-state index contributed by atoms with van der Waals surface area (Å²) in [5.41, 5.74) is 2.18. The van der Waals surface area contributed by atoms with Gasteiger partial charge in [-0.1, -0.05) is 30.3 Å². The van der Waals surface area contributed by atoms with Gasteiger partial charge < -0.3 is 20.1 Å². The fourth-order valence-corrected chi connectivity index (χ4v) is 2.93. The van der Waals surface area contributed by atoms with Crippen LogP contribution in [0.2, 0.25) is 0 Å². The molecule has 0 aliphatic heterocycles. The van der Waals surface area contributed by atoms with Crippen LogP contribution in [0.5, 0.6) is 11.5 Å². The highest BCUT2D eigenvalue weighted by atomic mass is 16.5. The maximum atomic E-state index is 12.8. The lowest BCUT2D eigenvalue weighted by Crippen LogP contribution is -2.17. The third-order valence-electron chi connectivity index (χ3n) is 4.41. The summed E-state index contributed by atoms with van der Waals surface area (Å²) in [5.74, 6) is 0.720. The van der Waals surface area contributed by atoms with Crippen LogP contribution in [0.3, 0.4) is 0 Å². The predicted octanol–water partition coefficient (Wildman–Crippen LogP) is 5.00. The molecule has 0 fully saturated rings. The van der Waals surface area contributed by atoms with Gasteiger partial charge in [0.2, 0.25) is 5.91 Å². The Kier molecular flexibility index (Phi) is 7.43. The molecule has 0 unspecified atom stereocenters. The Morgan fingerprint density at radius 2 is 1.61 bits per heavy atom. The van der Waals surface area contributed by atoms with Crippen LogP contribution in [0.15, 0.2) is 78.9 Å². The fourth-order valence-electron chi connectivity index (χ4n) is 2.93. The van der Waals surface area contributed by atoms with Crippen molar-refractivity contribution in [2.24, 2.45) is 0 Å². The first-order valence-corrected chi connectivity index (χ1v) is 9.86. The topological polar surface area (TPSA) is 76.7 Å². The maximum Gasteiger partial charge on any atom is 0.257 e. The Balaban J connectivity index is 1.70. The number of carbonyl (C=O) groups excluding carboxylic acids is 2. The van der Waals surface area contributed by atoms with Crippen LogP contribution >= 0.6 is 0 Å². The summed E-state index contributed by atoms with van der Waals surface area (Å²) < 4.78 is 10.7. The smallest absolute Gasteiger partial charge is 0.257 e. The first kappa shape index (κ1) is 21.6. The molecular formula is C25H24N2O4. The van der Waals surface area contributed by atoms with Crippen LogP contribution in [0.25, 0.3) is 6.08 Å². The van der Waals surface area contributed by atoms with E-state index < -0.39 is 0 Å². The van der Waals surface area contributed by atoms with Gasteiger partial charge in [-0.25, -0.2) is 0 Å². The molecule has 3 aromatic rings. The number of carbonyl (C=O) groups is 2. The number of rotatable bonds is 8. The van der Waals surface area contributed by atoms with Crippen LogP contribution in [0.1, 0.15) is 22.8 Å². The van der Waals surface area contributed by atoms with Crippen molar-refractivity contribution < 1.29 is 19.1 Å². The second-order valence-corrected chi connectivity index (χ2v) is 6.52. The summed E-state index contributed by atoms with van der Waals surface area (Å²) in [4.78, 5) is 25.2. The molecule has 6 nitrogen and oxygen atoms in total. The van der Waals surface area contributed by atoms with E-state index in [1.54, 1.807) is 61.7 Å². The minimum absolute atomic E-state index is 0.325. The van der Waals surface area contributed by atoms with Gasteiger partial charge in [-0.05, 0) is 55.5 Å². The van der Waals surface area contributed by atoms with Crippen molar-refractivity contribution in [1.29, 1.82) is 0 Å². The minimum atomic E-state index is -0.354. The molecular weight excluding hydrogens is 392 g/mol. The van der Waals surface area contributed by atoms with Gasteiger partial charge in [0.1, 0.15) is 11.5 Å². The molecule has 158 valence electrons. The number of anilines is 2. The van der Waals surface area contributed by atoms with Gasteiger partial charge in [0, 0.05) is 17.3 Å². The van der Waals surface area contributed by atoms with E-state index in [0.29, 0.717) is 29.3 Å². The number of methoxy groups -OCH3 is 1. The lowest BCUT2D eigenvalue weighted by Gasteiger charge is -2.11. The van der Waals surface area contributed by atoms with Crippen LogP contribution in [0, 0.1) is 0 Å². The number of amides is 2. The Labute approximate surface area is 181 Å². The van der Waals surface area contributed by atoms with Gasteiger partial charge in [0.05, 0.1) is 25.0 Å². The highest BCUT2D eigenvalue weighted by molar-refractivity contribution is 6.11. The molecule has 0 spiro atoms. The number of para-hydroxylation sites is 2. The van der Waals surface area contributed by atoms with E-state index >= 15 is 0 Å². The lowest BCUT2D eigenvalue weighted by atomic mass is 10.1. The molecule has 0 heterocycles. The number of ether oxygens (including phenoxy) is 2. The molecule has 0 saturated heterocycles. The van der Waals surface area contributed by atoms with Gasteiger partial charge in [-0.15, -0.1) is 0 Å². The largest absolute Gasteiger partial charge is 0.496 e. The standard InChI is InChI=1S/C25H24N2O4/c1-3-31-20-15-13-19(14-16-20)26-25(29)21-9-5-6-10-22(21)27-24(28)17-12-18-8-4-7-11-23(18)30-2/h4-17H,3H2,1-2H3,(H,26,29)(H,27,28). The Hall–Kier alpha value is -4.06. The summed E-state index contributed by atoms with van der Waals surface area (Å²) in [6, 6.07) is 21.3. The van der Waals surface area contributed by atoms with Crippen molar-refractivity contribution in [3.63, 3.8) is 0 Å². The fraction of sp³-hybridized carbons (Fsp3) is 0.120. The monoisotopic (exact) mass is 416 g/mol. The van der Waals surface area contributed by atoms with Gasteiger partial charge in [0.25, 0.3) is 5.91 Å². The number of hydrogen-bond donors (Lipinski definition) is 2. The molecule has 0 saturated carbocycles. The van der Waals surface area contributed by atoms with Gasteiger partial charge in [-0.3, -0.25) is 9.59 Å². The Morgan fingerprint density at radius 3 is 2.35 bits per heavy atom. The number of nitrogens with one attached hydrogen (secondary N) is 2. The van der Waals surface area contributed by atoms with Crippen molar-refractivity contribution in [2.75, 3.05) is 24.4 Å². The first-order chi connectivity index (χ1) is 15.1. The predicted molar refractivity (Wildman–Crippen MR) is 123 cm³/mol. The van der Waals surface area contributed by atoms with Gasteiger partial charge in [-0.2, -0.15) is 0 Å². The molecule has 3 rings (SSSR count). The van der Waals surface area contributed by atoms with Crippen molar-refractivity contribution in [1.82, 2.24) is 0 Å². The molecule has 0 aromatic heterocycles. The van der Waals surface area contributed by atoms with E-state index in [4.69, 9.17) is 9.47 Å². The molecule has 2 amide bonds. The second kappa shape index (κ2) is 10.6. The molecule has 0 bridgehead atoms. The average Bonchev–Trinajstić information content (AvgIpc) is 2.79. The Morgan fingerprint density at radius 1 is 0.903 bits per heavy atom. The zero-order chi connectivity index (χ0) is 22.1. The quantitative estimate of drug-likeness (QED) is 0.507. The van der Waals surface area contributed by atoms with Crippen LogP contribution in [-0.4, -0.2) is 25.5 Å². The van der Waals surface area contributed by atoms with E-state index in [9.17, 15) is 9.59 Å². The molecule has 0 aliphatic rings. The molecule has 0 atom stereocenters. The van der Waals surface area contributed by atoms with E-state index in [1.807, 2.05) is 31.2 Å². The molecule has 31 heavy (non-hydrogen) atoms. The molecule has 3 aromatic carbocycles. The van der Waals surface area contributed by atoms with E-state index in [2.05, 4.69) is 10.6 Å². The van der Waals surface area contributed by atoms with Crippen LogP contribution in [-0.2, 0) is 4.79 Å². The van der Waals surface area contributed by atoms with E-state index in [0.717, 1.165) is 11.3 Å². The van der Waals surface area contributed by atoms with Crippen molar-refractivity contribution in [3.05, 3.63) is 90.0 Å². The summed E-state index contributed by atoms with van der Waals surface area (Å²) in [6.45, 7) is 2.48. The molecule has 0 aliphatic carbocycles. The number of benzene rings is 3. The minimum Gasteiger partial charge on any atom is -0.496 e. The highest BCUT2D eigenvalue weighted by Crippen LogP contribution is 2.21. The maximum absolute atomic E-state index is 12.8. The van der Waals surface area contributed by atoms with E-state index in [-0.39, 0.29) is 11.8 Å².